The highest BCUT2D eigenvalue weighted by Gasteiger charge is 2.49. The van der Waals surface area contributed by atoms with Crippen molar-refractivity contribution in [1.29, 1.82) is 0 Å². The van der Waals surface area contributed by atoms with Gasteiger partial charge >= 0.3 is 0 Å². The molecular formula is C31H31N5O. The van der Waals surface area contributed by atoms with E-state index in [0.29, 0.717) is 6.54 Å². The fourth-order valence-electron chi connectivity index (χ4n) is 5.71. The summed E-state index contributed by atoms with van der Waals surface area (Å²) in [5, 5.41) is 11.1. The molecule has 0 saturated heterocycles. The standard InChI is InChI=1S/C31H31N5O/c1-2-8-29-33-31(17-6-7-18-31)30(37)36(29)21-22-11-13-24(14-12-22)27-19-25(23-9-4-3-5-10-23)15-16-26(27)28-20-32-35-34-28/h3-5,9-16,19-20H,2,6-8,17-18,21H2,1H3,(H,32,34,35). The highest BCUT2D eigenvalue weighted by Crippen LogP contribution is 2.40. The summed E-state index contributed by atoms with van der Waals surface area (Å²) in [7, 11) is 0. The molecule has 37 heavy (non-hydrogen) atoms. The van der Waals surface area contributed by atoms with Gasteiger partial charge in [0.2, 0.25) is 0 Å². The number of amidine groups is 1. The molecular weight excluding hydrogens is 458 g/mol. The zero-order valence-electron chi connectivity index (χ0n) is 21.2. The minimum absolute atomic E-state index is 0.196. The summed E-state index contributed by atoms with van der Waals surface area (Å²) < 4.78 is 0. The fourth-order valence-corrected chi connectivity index (χ4v) is 5.71. The van der Waals surface area contributed by atoms with Crippen molar-refractivity contribution in [1.82, 2.24) is 20.3 Å². The topological polar surface area (TPSA) is 74.2 Å². The van der Waals surface area contributed by atoms with Gasteiger partial charge in [0.05, 0.1) is 12.7 Å². The van der Waals surface area contributed by atoms with Crippen molar-refractivity contribution >= 4 is 11.7 Å². The maximum Gasteiger partial charge on any atom is 0.256 e. The highest BCUT2D eigenvalue weighted by molar-refractivity contribution is 6.08. The lowest BCUT2D eigenvalue weighted by Gasteiger charge is -2.22. The first-order chi connectivity index (χ1) is 18.2. The van der Waals surface area contributed by atoms with E-state index in [1.165, 1.54) is 5.56 Å². The van der Waals surface area contributed by atoms with Gasteiger partial charge in [-0.2, -0.15) is 15.4 Å². The Balaban J connectivity index is 1.31. The molecule has 6 nitrogen and oxygen atoms in total. The highest BCUT2D eigenvalue weighted by atomic mass is 16.2. The van der Waals surface area contributed by atoms with E-state index in [2.05, 4.69) is 89.1 Å². The third kappa shape index (κ3) is 4.37. The molecule has 1 aliphatic carbocycles. The molecule has 2 heterocycles. The molecule has 1 saturated carbocycles. The van der Waals surface area contributed by atoms with Crippen LogP contribution in [-0.2, 0) is 11.3 Å². The summed E-state index contributed by atoms with van der Waals surface area (Å²) in [6.45, 7) is 2.72. The zero-order valence-corrected chi connectivity index (χ0v) is 21.2. The van der Waals surface area contributed by atoms with E-state index < -0.39 is 5.54 Å². The predicted molar refractivity (Wildman–Crippen MR) is 147 cm³/mol. The molecule has 3 aromatic carbocycles. The van der Waals surface area contributed by atoms with Crippen LogP contribution in [0.4, 0.5) is 0 Å². The van der Waals surface area contributed by atoms with Crippen LogP contribution in [0.25, 0.3) is 33.5 Å². The normalized spacial score (nSPS) is 16.5. The molecule has 2 aliphatic rings. The van der Waals surface area contributed by atoms with Crippen LogP contribution in [0.3, 0.4) is 0 Å². The number of aromatic amines is 1. The van der Waals surface area contributed by atoms with Crippen molar-refractivity contribution in [3.05, 3.63) is 84.6 Å². The summed E-state index contributed by atoms with van der Waals surface area (Å²) in [5.74, 6) is 1.16. The number of hydrogen-bond acceptors (Lipinski definition) is 4. The van der Waals surface area contributed by atoms with Gasteiger partial charge in [0, 0.05) is 12.0 Å². The number of nitrogens with one attached hydrogen (secondary N) is 1. The Bertz CT molecular complexity index is 1420. The first-order valence-electron chi connectivity index (χ1n) is 13.2. The van der Waals surface area contributed by atoms with Gasteiger partial charge in [-0.1, -0.05) is 86.5 Å². The first-order valence-corrected chi connectivity index (χ1v) is 13.2. The summed E-state index contributed by atoms with van der Waals surface area (Å²) >= 11 is 0. The van der Waals surface area contributed by atoms with Crippen LogP contribution >= 0.6 is 0 Å². The van der Waals surface area contributed by atoms with Gasteiger partial charge in [0.25, 0.3) is 5.91 Å². The Morgan fingerprint density at radius 3 is 2.35 bits per heavy atom. The minimum atomic E-state index is -0.491. The fraction of sp³-hybridized carbons (Fsp3) is 0.290. The molecule has 6 rings (SSSR count). The van der Waals surface area contributed by atoms with Gasteiger partial charge in [-0.25, -0.2) is 0 Å². The van der Waals surface area contributed by atoms with Crippen LogP contribution in [0, 0.1) is 0 Å². The number of carbonyl (C=O) groups is 1. The monoisotopic (exact) mass is 489 g/mol. The van der Waals surface area contributed by atoms with Gasteiger partial charge in [-0.05, 0) is 53.1 Å². The van der Waals surface area contributed by atoms with Crippen molar-refractivity contribution < 1.29 is 4.79 Å². The van der Waals surface area contributed by atoms with Crippen LogP contribution in [-0.4, -0.2) is 37.6 Å². The number of benzene rings is 3. The average Bonchev–Trinajstić information content (AvgIpc) is 3.69. The molecule has 1 aliphatic heterocycles. The van der Waals surface area contributed by atoms with E-state index in [1.54, 1.807) is 6.20 Å². The Morgan fingerprint density at radius 1 is 0.892 bits per heavy atom. The molecule has 6 heteroatoms. The largest absolute Gasteiger partial charge is 0.294 e. The quantitative estimate of drug-likeness (QED) is 0.315. The average molecular weight is 490 g/mol. The Kier molecular flexibility index (Phi) is 6.16. The molecule has 186 valence electrons. The maximum absolute atomic E-state index is 13.5. The molecule has 0 unspecified atom stereocenters. The van der Waals surface area contributed by atoms with Crippen LogP contribution < -0.4 is 0 Å². The molecule has 0 atom stereocenters. The summed E-state index contributed by atoms with van der Waals surface area (Å²) in [4.78, 5) is 20.4. The Labute approximate surface area is 217 Å². The lowest BCUT2D eigenvalue weighted by molar-refractivity contribution is -0.131. The van der Waals surface area contributed by atoms with Crippen molar-refractivity contribution in [3.63, 3.8) is 0 Å². The van der Waals surface area contributed by atoms with Crippen LogP contribution in [0.2, 0.25) is 0 Å². The number of amides is 1. The zero-order chi connectivity index (χ0) is 25.2. The van der Waals surface area contributed by atoms with Gasteiger partial charge in [0.15, 0.2) is 0 Å². The molecule has 1 aromatic heterocycles. The number of rotatable bonds is 7. The van der Waals surface area contributed by atoms with Crippen molar-refractivity contribution in [3.8, 4) is 33.5 Å². The number of aromatic nitrogens is 3. The van der Waals surface area contributed by atoms with E-state index >= 15 is 0 Å². The predicted octanol–water partition coefficient (Wildman–Crippen LogP) is 6.66. The smallest absolute Gasteiger partial charge is 0.256 e. The molecule has 0 radical (unpaired) electrons. The summed E-state index contributed by atoms with van der Waals surface area (Å²) in [6, 6.07) is 25.4. The second-order valence-electron chi connectivity index (χ2n) is 10.1. The Hall–Kier alpha value is -4.06. The lowest BCUT2D eigenvalue weighted by atomic mass is 9.93. The number of aliphatic imine (C=N–C) groups is 1. The molecule has 1 N–H and O–H groups in total. The van der Waals surface area contributed by atoms with Crippen molar-refractivity contribution in [2.75, 3.05) is 0 Å². The molecule has 1 spiro atoms. The third-order valence-electron chi connectivity index (χ3n) is 7.63. The number of nitrogens with zero attached hydrogens (tertiary/aromatic N) is 4. The van der Waals surface area contributed by atoms with Gasteiger partial charge in [0.1, 0.15) is 17.1 Å². The maximum atomic E-state index is 13.5. The molecule has 4 aromatic rings. The van der Waals surface area contributed by atoms with E-state index in [0.717, 1.165) is 77.9 Å². The first kappa shape index (κ1) is 23.3. The summed E-state index contributed by atoms with van der Waals surface area (Å²) in [6.07, 6.45) is 7.54. The molecule has 1 fully saturated rings. The van der Waals surface area contributed by atoms with Gasteiger partial charge < -0.3 is 0 Å². The minimum Gasteiger partial charge on any atom is -0.294 e. The lowest BCUT2D eigenvalue weighted by Crippen LogP contribution is -2.40. The van der Waals surface area contributed by atoms with Crippen LogP contribution in [0.5, 0.6) is 0 Å². The second kappa shape index (κ2) is 9.77. The van der Waals surface area contributed by atoms with Crippen molar-refractivity contribution in [2.45, 2.75) is 57.5 Å². The SMILES string of the molecule is CCCC1=NC2(CCCC2)C(=O)N1Cc1ccc(-c2cc(-c3ccccc3)ccc2-c2cn[nH]n2)cc1. The molecule has 1 amide bonds. The van der Waals surface area contributed by atoms with Gasteiger partial charge in [-0.3, -0.25) is 14.7 Å². The third-order valence-corrected chi connectivity index (χ3v) is 7.63. The summed E-state index contributed by atoms with van der Waals surface area (Å²) in [5.41, 5.74) is 6.96. The van der Waals surface area contributed by atoms with E-state index in [4.69, 9.17) is 4.99 Å². The van der Waals surface area contributed by atoms with E-state index in [9.17, 15) is 4.79 Å². The van der Waals surface area contributed by atoms with E-state index in [-0.39, 0.29) is 5.91 Å². The second-order valence-corrected chi connectivity index (χ2v) is 10.1. The van der Waals surface area contributed by atoms with Crippen molar-refractivity contribution in [2.24, 2.45) is 4.99 Å². The number of carbonyl (C=O) groups excluding carboxylic acids is 1. The van der Waals surface area contributed by atoms with Gasteiger partial charge in [-0.15, -0.1) is 0 Å². The number of hydrogen-bond donors (Lipinski definition) is 1. The van der Waals surface area contributed by atoms with Crippen LogP contribution in [0.1, 0.15) is 51.0 Å². The van der Waals surface area contributed by atoms with Crippen LogP contribution in [0.15, 0.2) is 84.0 Å². The Morgan fingerprint density at radius 2 is 1.65 bits per heavy atom. The van der Waals surface area contributed by atoms with E-state index in [1.807, 2.05) is 11.0 Å². The number of H-pyrrole nitrogens is 1. The molecule has 0 bridgehead atoms.